The monoisotopic (exact) mass is 628 g/mol. The third-order valence-corrected chi connectivity index (χ3v) is 6.28. The van der Waals surface area contributed by atoms with Gasteiger partial charge in [-0.15, -0.1) is 0 Å². The van der Waals surface area contributed by atoms with Crippen LogP contribution in [0.25, 0.3) is 0 Å². The number of nitrogens with one attached hydrogen (secondary N) is 1. The number of hydrogen-bond donors (Lipinski definition) is 1. The molecule has 0 aromatic heterocycles. The van der Waals surface area contributed by atoms with Crippen molar-refractivity contribution in [3.05, 3.63) is 84.2 Å². The predicted molar refractivity (Wildman–Crippen MR) is 142 cm³/mol. The largest absolute Gasteiger partial charge is 0.493 e. The minimum absolute atomic E-state index is 0.266. The fourth-order valence-corrected chi connectivity index (χ4v) is 4.81. The summed E-state index contributed by atoms with van der Waals surface area (Å²) in [5.41, 5.74) is 4.45. The van der Waals surface area contributed by atoms with Crippen molar-refractivity contribution in [3.63, 3.8) is 0 Å². The quantitative estimate of drug-likeness (QED) is 0.199. The van der Waals surface area contributed by atoms with Crippen molar-refractivity contribution in [2.24, 2.45) is 5.10 Å². The van der Waals surface area contributed by atoms with Gasteiger partial charge in [-0.3, -0.25) is 4.79 Å². The van der Waals surface area contributed by atoms with Gasteiger partial charge in [0.05, 0.1) is 28.9 Å². The van der Waals surface area contributed by atoms with Crippen LogP contribution < -0.4 is 19.6 Å². The van der Waals surface area contributed by atoms with Crippen LogP contribution in [0.3, 0.4) is 0 Å². The molecule has 0 atom stereocenters. The molecule has 3 aromatic carbocycles. The van der Waals surface area contributed by atoms with E-state index in [9.17, 15) is 4.79 Å². The van der Waals surface area contributed by atoms with Crippen molar-refractivity contribution in [1.82, 2.24) is 5.43 Å². The molecule has 1 N–H and O–H groups in total. The molecule has 6 nitrogen and oxygen atoms in total. The van der Waals surface area contributed by atoms with Crippen LogP contribution in [0.1, 0.15) is 28.4 Å². The molecule has 1 amide bonds. The number of carbonyl (C=O) groups excluding carboxylic acids is 1. The van der Waals surface area contributed by atoms with E-state index in [-0.39, 0.29) is 12.5 Å². The number of ether oxygens (including phenoxy) is 3. The zero-order valence-electron chi connectivity index (χ0n) is 18.2. The highest BCUT2D eigenvalue weighted by Crippen LogP contribution is 2.35. The van der Waals surface area contributed by atoms with E-state index in [4.69, 9.17) is 37.4 Å². The molecule has 0 unspecified atom stereocenters. The first-order valence-corrected chi connectivity index (χ1v) is 12.4. The number of nitrogens with zero attached hydrogens (tertiary/aromatic N) is 1. The number of hydrogen-bond acceptors (Lipinski definition) is 5. The van der Waals surface area contributed by atoms with Gasteiger partial charge in [-0.25, -0.2) is 5.43 Å². The molecular weight excluding hydrogens is 611 g/mol. The molecule has 10 heteroatoms. The molecule has 0 aliphatic heterocycles. The molecule has 0 fully saturated rings. The zero-order valence-corrected chi connectivity index (χ0v) is 22.9. The third-order valence-electron chi connectivity index (χ3n) is 4.51. The molecule has 34 heavy (non-hydrogen) atoms. The molecule has 3 aromatic rings. The number of benzene rings is 3. The highest BCUT2D eigenvalue weighted by molar-refractivity contribution is 9.11. The van der Waals surface area contributed by atoms with Crippen LogP contribution in [0.2, 0.25) is 10.0 Å². The zero-order chi connectivity index (χ0) is 24.7. The van der Waals surface area contributed by atoms with Crippen LogP contribution in [0.5, 0.6) is 17.2 Å². The predicted octanol–water partition coefficient (Wildman–Crippen LogP) is 7.27. The maximum absolute atomic E-state index is 12.5. The van der Waals surface area contributed by atoms with E-state index in [2.05, 4.69) is 42.4 Å². The van der Waals surface area contributed by atoms with Crippen LogP contribution in [0, 0.1) is 0 Å². The molecule has 0 aliphatic carbocycles. The molecule has 3 rings (SSSR count). The summed E-state index contributed by atoms with van der Waals surface area (Å²) in [5.74, 6) is 1.27. The number of amides is 1. The number of rotatable bonds is 9. The Morgan fingerprint density at radius 1 is 1.03 bits per heavy atom. The summed E-state index contributed by atoms with van der Waals surface area (Å²) in [6.45, 7) is 2.58. The highest BCUT2D eigenvalue weighted by atomic mass is 79.9. The van der Waals surface area contributed by atoms with Crippen molar-refractivity contribution >= 4 is 67.2 Å². The fraction of sp³-hybridized carbons (Fsp3) is 0.167. The smallest absolute Gasteiger partial charge is 0.271 e. The Bertz CT molecular complexity index is 1200. The van der Waals surface area contributed by atoms with E-state index in [1.54, 1.807) is 37.4 Å². The van der Waals surface area contributed by atoms with E-state index in [0.717, 1.165) is 11.1 Å². The maximum Gasteiger partial charge on any atom is 0.271 e. The molecule has 0 aliphatic rings. The summed E-state index contributed by atoms with van der Waals surface area (Å²) in [4.78, 5) is 12.5. The fourth-order valence-electron chi connectivity index (χ4n) is 2.90. The van der Waals surface area contributed by atoms with Crippen LogP contribution in [0.4, 0.5) is 0 Å². The Hall–Kier alpha value is -2.26. The summed E-state index contributed by atoms with van der Waals surface area (Å²) in [6, 6.07) is 13.8. The third kappa shape index (κ3) is 6.88. The molecule has 0 radical (unpaired) electrons. The summed E-state index contributed by atoms with van der Waals surface area (Å²) in [5, 5.41) is 5.15. The average molecular weight is 631 g/mol. The lowest BCUT2D eigenvalue weighted by molar-refractivity contribution is 0.0954. The summed E-state index contributed by atoms with van der Waals surface area (Å²) in [6.07, 6.45) is 1.53. The van der Waals surface area contributed by atoms with Crippen LogP contribution in [-0.2, 0) is 6.61 Å². The lowest BCUT2D eigenvalue weighted by Gasteiger charge is -2.12. The normalized spacial score (nSPS) is 10.9. The molecule has 0 saturated heterocycles. The number of hydrazone groups is 1. The Balaban J connectivity index is 1.66. The van der Waals surface area contributed by atoms with E-state index < -0.39 is 0 Å². The maximum atomic E-state index is 12.5. The molecule has 0 spiro atoms. The van der Waals surface area contributed by atoms with Gasteiger partial charge in [0.25, 0.3) is 5.91 Å². The van der Waals surface area contributed by atoms with Gasteiger partial charge < -0.3 is 14.2 Å². The van der Waals surface area contributed by atoms with Gasteiger partial charge >= 0.3 is 0 Å². The second-order valence-electron chi connectivity index (χ2n) is 6.84. The Morgan fingerprint density at radius 2 is 1.76 bits per heavy atom. The lowest BCUT2D eigenvalue weighted by atomic mass is 10.2. The Labute approximate surface area is 224 Å². The van der Waals surface area contributed by atoms with Gasteiger partial charge in [-0.05, 0) is 86.8 Å². The second kappa shape index (κ2) is 12.4. The summed E-state index contributed by atoms with van der Waals surface area (Å²) in [7, 11) is 1.54. The van der Waals surface area contributed by atoms with Gasteiger partial charge in [0.1, 0.15) is 12.4 Å². The van der Waals surface area contributed by atoms with Crippen LogP contribution >= 0.6 is 55.1 Å². The first-order chi connectivity index (χ1) is 16.3. The van der Waals surface area contributed by atoms with Crippen molar-refractivity contribution in [2.75, 3.05) is 13.7 Å². The van der Waals surface area contributed by atoms with E-state index >= 15 is 0 Å². The van der Waals surface area contributed by atoms with Gasteiger partial charge in [0, 0.05) is 21.2 Å². The number of methoxy groups -OCH3 is 1. The minimum atomic E-state index is -0.377. The SMILES string of the molecule is CCOc1cc(C(=O)N/N=C/c2cc(Br)c(OCc3ccc(Cl)cc3Cl)c(Br)c2)ccc1OC. The van der Waals surface area contributed by atoms with Gasteiger partial charge in [0.2, 0.25) is 0 Å². The Morgan fingerprint density at radius 3 is 2.41 bits per heavy atom. The van der Waals surface area contributed by atoms with Crippen LogP contribution in [0.15, 0.2) is 62.6 Å². The topological polar surface area (TPSA) is 69.2 Å². The molecule has 0 bridgehead atoms. The number of carbonyl (C=O) groups is 1. The van der Waals surface area contributed by atoms with E-state index in [1.165, 1.54) is 6.21 Å². The first kappa shape index (κ1) is 26.3. The Kier molecular flexibility index (Phi) is 9.64. The molecular formula is C24H20Br2Cl2N2O4. The molecule has 0 saturated carbocycles. The van der Waals surface area contributed by atoms with Crippen LogP contribution in [-0.4, -0.2) is 25.8 Å². The van der Waals surface area contributed by atoms with Crippen molar-refractivity contribution in [1.29, 1.82) is 0 Å². The number of halogens is 4. The van der Waals surface area contributed by atoms with Crippen molar-refractivity contribution < 1.29 is 19.0 Å². The molecule has 0 heterocycles. The van der Waals surface area contributed by atoms with Crippen molar-refractivity contribution in [3.8, 4) is 17.2 Å². The average Bonchev–Trinajstić information content (AvgIpc) is 2.80. The first-order valence-electron chi connectivity index (χ1n) is 10.0. The standard InChI is InChI=1S/C24H20Br2Cl2N2O4/c1-3-33-22-10-15(5-7-21(22)32-2)24(31)30-29-12-14-8-18(25)23(19(26)9-14)34-13-16-4-6-17(27)11-20(16)28/h4-12H,3,13H2,1-2H3,(H,30,31)/b29-12+. The highest BCUT2D eigenvalue weighted by Gasteiger charge is 2.12. The van der Waals surface area contributed by atoms with E-state index in [1.807, 2.05) is 25.1 Å². The lowest BCUT2D eigenvalue weighted by Crippen LogP contribution is -2.17. The second-order valence-corrected chi connectivity index (χ2v) is 9.39. The summed E-state index contributed by atoms with van der Waals surface area (Å²) >= 11 is 19.2. The molecule has 178 valence electrons. The van der Waals surface area contributed by atoms with Crippen molar-refractivity contribution in [2.45, 2.75) is 13.5 Å². The van der Waals surface area contributed by atoms with E-state index in [0.29, 0.717) is 48.4 Å². The minimum Gasteiger partial charge on any atom is -0.493 e. The summed E-state index contributed by atoms with van der Waals surface area (Å²) < 4.78 is 18.1. The van der Waals surface area contributed by atoms with Gasteiger partial charge in [0.15, 0.2) is 11.5 Å². The van der Waals surface area contributed by atoms with Gasteiger partial charge in [-0.2, -0.15) is 5.10 Å². The van der Waals surface area contributed by atoms with Gasteiger partial charge in [-0.1, -0.05) is 29.3 Å².